The van der Waals surface area contributed by atoms with Gasteiger partial charge in [0.1, 0.15) is 5.01 Å². The molecule has 0 aliphatic carbocycles. The van der Waals surface area contributed by atoms with Crippen LogP contribution in [-0.2, 0) is 10.2 Å². The SMILES string of the molecule is C[C@@H](NCC1(c2ccc3c(c2)OCO3)CCOCC1)c1nccs1. The lowest BCUT2D eigenvalue weighted by molar-refractivity contribution is 0.0489. The summed E-state index contributed by atoms with van der Waals surface area (Å²) in [6.45, 7) is 4.97. The van der Waals surface area contributed by atoms with Gasteiger partial charge in [0, 0.05) is 36.8 Å². The van der Waals surface area contributed by atoms with Crippen LogP contribution in [0.1, 0.15) is 36.4 Å². The van der Waals surface area contributed by atoms with E-state index in [-0.39, 0.29) is 11.5 Å². The quantitative estimate of drug-likeness (QED) is 0.900. The highest BCUT2D eigenvalue weighted by atomic mass is 32.1. The van der Waals surface area contributed by atoms with E-state index in [2.05, 4.69) is 29.4 Å². The van der Waals surface area contributed by atoms with E-state index in [1.54, 1.807) is 11.3 Å². The molecular weight excluding hydrogens is 324 g/mol. The number of hydrogen-bond donors (Lipinski definition) is 1. The smallest absolute Gasteiger partial charge is 0.231 e. The monoisotopic (exact) mass is 346 g/mol. The largest absolute Gasteiger partial charge is 0.454 e. The summed E-state index contributed by atoms with van der Waals surface area (Å²) < 4.78 is 16.7. The van der Waals surface area contributed by atoms with Crippen molar-refractivity contribution < 1.29 is 14.2 Å². The zero-order valence-corrected chi connectivity index (χ0v) is 14.6. The Morgan fingerprint density at radius 2 is 2.08 bits per heavy atom. The number of thiazole rings is 1. The van der Waals surface area contributed by atoms with Gasteiger partial charge in [0.2, 0.25) is 6.79 Å². The predicted octanol–water partition coefficient (Wildman–Crippen LogP) is 3.27. The normalized spacial score (nSPS) is 20.0. The summed E-state index contributed by atoms with van der Waals surface area (Å²) >= 11 is 1.69. The number of fused-ring (bicyclic) bond motifs is 1. The molecular formula is C18H22N2O3S. The second kappa shape index (κ2) is 6.70. The minimum absolute atomic E-state index is 0.0603. The molecule has 24 heavy (non-hydrogen) atoms. The standard InChI is InChI=1S/C18H22N2O3S/c1-13(17-19-6-9-24-17)20-11-18(4-7-21-8-5-18)14-2-3-15-16(10-14)23-12-22-15/h2-3,6,9-10,13,20H,4-5,7-8,11-12H2,1H3/t13-/m1/s1. The fourth-order valence-electron chi connectivity index (χ4n) is 3.44. The number of ether oxygens (including phenoxy) is 3. The molecule has 0 amide bonds. The molecule has 3 heterocycles. The molecule has 2 aliphatic heterocycles. The van der Waals surface area contributed by atoms with Gasteiger partial charge >= 0.3 is 0 Å². The number of benzene rings is 1. The third-order valence-electron chi connectivity index (χ3n) is 5.00. The minimum Gasteiger partial charge on any atom is -0.454 e. The molecule has 1 N–H and O–H groups in total. The molecule has 1 fully saturated rings. The summed E-state index contributed by atoms with van der Waals surface area (Å²) in [6.07, 6.45) is 3.87. The molecule has 1 aromatic heterocycles. The molecule has 2 aromatic rings. The predicted molar refractivity (Wildman–Crippen MR) is 92.8 cm³/mol. The Bertz CT molecular complexity index is 684. The van der Waals surface area contributed by atoms with Gasteiger partial charge in [-0.15, -0.1) is 11.3 Å². The molecule has 0 bridgehead atoms. The van der Waals surface area contributed by atoms with Gasteiger partial charge in [-0.25, -0.2) is 4.98 Å². The third-order valence-corrected chi connectivity index (χ3v) is 5.96. The Hall–Kier alpha value is -1.63. The van der Waals surface area contributed by atoms with Crippen molar-refractivity contribution in [1.29, 1.82) is 0 Å². The van der Waals surface area contributed by atoms with Crippen molar-refractivity contribution >= 4 is 11.3 Å². The topological polar surface area (TPSA) is 52.6 Å². The second-order valence-corrected chi connectivity index (χ2v) is 7.36. The fourth-order valence-corrected chi connectivity index (χ4v) is 4.11. The van der Waals surface area contributed by atoms with Crippen molar-refractivity contribution in [3.8, 4) is 11.5 Å². The maximum Gasteiger partial charge on any atom is 0.231 e. The van der Waals surface area contributed by atoms with Gasteiger partial charge in [-0.3, -0.25) is 0 Å². The van der Waals surface area contributed by atoms with E-state index in [4.69, 9.17) is 14.2 Å². The van der Waals surface area contributed by atoms with E-state index >= 15 is 0 Å². The first-order valence-electron chi connectivity index (χ1n) is 8.37. The molecule has 0 unspecified atom stereocenters. The second-order valence-electron chi connectivity index (χ2n) is 6.43. The van der Waals surface area contributed by atoms with Gasteiger partial charge < -0.3 is 19.5 Å². The molecule has 1 atom stereocenters. The lowest BCUT2D eigenvalue weighted by atomic mass is 9.74. The number of nitrogens with one attached hydrogen (secondary N) is 1. The van der Waals surface area contributed by atoms with Crippen LogP contribution in [0.5, 0.6) is 11.5 Å². The van der Waals surface area contributed by atoms with Crippen LogP contribution in [0.15, 0.2) is 29.8 Å². The molecule has 2 aliphatic rings. The van der Waals surface area contributed by atoms with E-state index in [0.717, 1.165) is 49.1 Å². The van der Waals surface area contributed by atoms with Gasteiger partial charge in [0.05, 0.1) is 6.04 Å². The highest BCUT2D eigenvalue weighted by Gasteiger charge is 2.36. The minimum atomic E-state index is 0.0603. The van der Waals surface area contributed by atoms with Crippen LogP contribution in [0.2, 0.25) is 0 Å². The molecule has 0 saturated carbocycles. The van der Waals surface area contributed by atoms with Gasteiger partial charge in [-0.1, -0.05) is 6.07 Å². The molecule has 4 rings (SSSR count). The van der Waals surface area contributed by atoms with Crippen molar-refractivity contribution in [3.05, 3.63) is 40.3 Å². The van der Waals surface area contributed by atoms with Crippen molar-refractivity contribution in [2.45, 2.75) is 31.2 Å². The molecule has 1 aromatic carbocycles. The molecule has 128 valence electrons. The van der Waals surface area contributed by atoms with E-state index in [1.807, 2.05) is 17.6 Å². The number of aromatic nitrogens is 1. The van der Waals surface area contributed by atoms with Crippen LogP contribution in [-0.4, -0.2) is 31.5 Å². The zero-order chi connectivity index (χ0) is 16.4. The molecule has 1 saturated heterocycles. The summed E-state index contributed by atoms with van der Waals surface area (Å²) in [6, 6.07) is 6.59. The van der Waals surface area contributed by atoms with E-state index in [0.29, 0.717) is 6.79 Å². The Kier molecular flexibility index (Phi) is 4.43. The number of rotatable bonds is 5. The van der Waals surface area contributed by atoms with Crippen LogP contribution in [0.25, 0.3) is 0 Å². The highest BCUT2D eigenvalue weighted by Crippen LogP contribution is 2.40. The summed E-state index contributed by atoms with van der Waals surface area (Å²) in [5.41, 5.74) is 1.36. The first-order chi connectivity index (χ1) is 11.8. The maximum atomic E-state index is 5.62. The number of hydrogen-bond acceptors (Lipinski definition) is 6. The average Bonchev–Trinajstić information content (AvgIpc) is 3.31. The van der Waals surface area contributed by atoms with Gasteiger partial charge in [0.25, 0.3) is 0 Å². The lowest BCUT2D eigenvalue weighted by Gasteiger charge is -2.38. The van der Waals surface area contributed by atoms with E-state index < -0.39 is 0 Å². The highest BCUT2D eigenvalue weighted by molar-refractivity contribution is 7.09. The Morgan fingerprint density at radius 3 is 2.88 bits per heavy atom. The Balaban J connectivity index is 1.56. The van der Waals surface area contributed by atoms with Gasteiger partial charge in [0.15, 0.2) is 11.5 Å². The van der Waals surface area contributed by atoms with Gasteiger partial charge in [-0.05, 0) is 37.5 Å². The van der Waals surface area contributed by atoms with Crippen LogP contribution >= 0.6 is 11.3 Å². The maximum absolute atomic E-state index is 5.62. The third kappa shape index (κ3) is 3.01. The van der Waals surface area contributed by atoms with E-state index in [9.17, 15) is 0 Å². The number of nitrogens with zero attached hydrogens (tertiary/aromatic N) is 1. The molecule has 0 spiro atoms. The first kappa shape index (κ1) is 15.9. The lowest BCUT2D eigenvalue weighted by Crippen LogP contribution is -2.43. The van der Waals surface area contributed by atoms with Gasteiger partial charge in [-0.2, -0.15) is 0 Å². The van der Waals surface area contributed by atoms with Crippen LogP contribution < -0.4 is 14.8 Å². The average molecular weight is 346 g/mol. The van der Waals surface area contributed by atoms with Crippen LogP contribution in [0.3, 0.4) is 0 Å². The van der Waals surface area contributed by atoms with Crippen molar-refractivity contribution in [3.63, 3.8) is 0 Å². The molecule has 6 heteroatoms. The summed E-state index contributed by atoms with van der Waals surface area (Å²) in [5, 5.41) is 6.83. The van der Waals surface area contributed by atoms with E-state index in [1.165, 1.54) is 5.56 Å². The summed E-state index contributed by atoms with van der Waals surface area (Å²) in [4.78, 5) is 4.42. The van der Waals surface area contributed by atoms with Crippen molar-refractivity contribution in [1.82, 2.24) is 10.3 Å². The van der Waals surface area contributed by atoms with Crippen molar-refractivity contribution in [2.24, 2.45) is 0 Å². The fraction of sp³-hybridized carbons (Fsp3) is 0.500. The molecule has 0 radical (unpaired) electrons. The van der Waals surface area contributed by atoms with Crippen LogP contribution in [0, 0.1) is 0 Å². The molecule has 5 nitrogen and oxygen atoms in total. The summed E-state index contributed by atoms with van der Waals surface area (Å²) in [7, 11) is 0. The Labute approximate surface area is 146 Å². The zero-order valence-electron chi connectivity index (χ0n) is 13.8. The summed E-state index contributed by atoms with van der Waals surface area (Å²) in [5.74, 6) is 1.69. The Morgan fingerprint density at radius 1 is 1.25 bits per heavy atom. The first-order valence-corrected chi connectivity index (χ1v) is 9.25. The van der Waals surface area contributed by atoms with Crippen molar-refractivity contribution in [2.75, 3.05) is 26.6 Å². The van der Waals surface area contributed by atoms with Crippen LogP contribution in [0.4, 0.5) is 0 Å².